The van der Waals surface area contributed by atoms with Crippen LogP contribution in [0.2, 0.25) is 0 Å². The smallest absolute Gasteiger partial charge is 0.239 e. The Morgan fingerprint density at radius 2 is 1.91 bits per heavy atom. The van der Waals surface area contributed by atoms with Crippen LogP contribution in [-0.4, -0.2) is 67.9 Å². The van der Waals surface area contributed by atoms with Crippen LogP contribution in [-0.2, 0) is 4.79 Å². The molecule has 2 aliphatic rings. The molecule has 2 aliphatic heterocycles. The van der Waals surface area contributed by atoms with Gasteiger partial charge in [-0.3, -0.25) is 4.79 Å². The summed E-state index contributed by atoms with van der Waals surface area (Å²) in [6, 6.07) is 7.78. The zero-order valence-electron chi connectivity index (χ0n) is 12.9. The molecule has 6 heteroatoms. The fourth-order valence-electron chi connectivity index (χ4n) is 3.10. The van der Waals surface area contributed by atoms with E-state index in [9.17, 15) is 9.90 Å². The minimum atomic E-state index is -0.394. The van der Waals surface area contributed by atoms with Crippen molar-refractivity contribution in [2.24, 2.45) is 0 Å². The topological polar surface area (TPSA) is 65.0 Å². The van der Waals surface area contributed by atoms with Crippen LogP contribution in [0.15, 0.2) is 24.3 Å². The average Bonchev–Trinajstić information content (AvgIpc) is 3.01. The van der Waals surface area contributed by atoms with E-state index in [2.05, 4.69) is 10.2 Å². The number of benzene rings is 1. The van der Waals surface area contributed by atoms with E-state index in [1.807, 2.05) is 29.2 Å². The maximum atomic E-state index is 12.4. The molecule has 6 nitrogen and oxygen atoms in total. The molecule has 0 spiro atoms. The summed E-state index contributed by atoms with van der Waals surface area (Å²) < 4.78 is 5.17. The number of amides is 1. The second-order valence-corrected chi connectivity index (χ2v) is 5.86. The standard InChI is InChI=1S/C16H23N3O3/c1-22-14-4-2-12(3-5-14)18-6-8-19(9-7-18)16(21)15-10-13(20)11-17-15/h2-5,13,15,17,20H,6-11H2,1H3/t13-,15-/m1/s1. The lowest BCUT2D eigenvalue weighted by molar-refractivity contribution is -0.133. The molecule has 2 fully saturated rings. The fraction of sp³-hybridized carbons (Fsp3) is 0.562. The molecule has 22 heavy (non-hydrogen) atoms. The lowest BCUT2D eigenvalue weighted by atomic mass is 10.1. The Labute approximate surface area is 130 Å². The molecular formula is C16H23N3O3. The van der Waals surface area contributed by atoms with Gasteiger partial charge in [-0.25, -0.2) is 0 Å². The monoisotopic (exact) mass is 305 g/mol. The molecule has 1 aromatic rings. The minimum Gasteiger partial charge on any atom is -0.497 e. The van der Waals surface area contributed by atoms with E-state index in [1.54, 1.807) is 7.11 Å². The first-order chi connectivity index (χ1) is 10.7. The molecule has 0 unspecified atom stereocenters. The first kappa shape index (κ1) is 15.1. The Balaban J connectivity index is 1.54. The number of carbonyl (C=O) groups is 1. The molecule has 2 atom stereocenters. The van der Waals surface area contributed by atoms with Gasteiger partial charge in [0.25, 0.3) is 0 Å². The number of carbonyl (C=O) groups excluding carboxylic acids is 1. The molecule has 2 saturated heterocycles. The van der Waals surface area contributed by atoms with Crippen LogP contribution in [0.3, 0.4) is 0 Å². The van der Waals surface area contributed by atoms with Gasteiger partial charge in [0.2, 0.25) is 5.91 Å². The van der Waals surface area contributed by atoms with Crippen LogP contribution in [0.4, 0.5) is 5.69 Å². The number of rotatable bonds is 3. The Bertz CT molecular complexity index is 512. The van der Waals surface area contributed by atoms with E-state index in [0.717, 1.165) is 37.6 Å². The number of hydrogen-bond acceptors (Lipinski definition) is 5. The largest absolute Gasteiger partial charge is 0.497 e. The SMILES string of the molecule is COc1ccc(N2CCN(C(=O)[C@H]3C[C@@H](O)CN3)CC2)cc1. The molecule has 0 aromatic heterocycles. The summed E-state index contributed by atoms with van der Waals surface area (Å²) in [5.41, 5.74) is 1.15. The minimum absolute atomic E-state index is 0.117. The number of hydrogen-bond donors (Lipinski definition) is 2. The summed E-state index contributed by atoms with van der Waals surface area (Å²) >= 11 is 0. The van der Waals surface area contributed by atoms with E-state index in [1.165, 1.54) is 0 Å². The first-order valence-electron chi connectivity index (χ1n) is 7.76. The number of ether oxygens (including phenoxy) is 1. The fourth-order valence-corrected chi connectivity index (χ4v) is 3.10. The third kappa shape index (κ3) is 3.18. The first-order valence-corrected chi connectivity index (χ1v) is 7.76. The number of aliphatic hydroxyl groups is 1. The predicted octanol–water partition coefficient (Wildman–Crippen LogP) is 0.0666. The van der Waals surface area contributed by atoms with Crippen LogP contribution in [0.5, 0.6) is 5.75 Å². The van der Waals surface area contributed by atoms with Gasteiger partial charge < -0.3 is 25.0 Å². The van der Waals surface area contributed by atoms with Crippen molar-refractivity contribution in [1.29, 1.82) is 0 Å². The molecular weight excluding hydrogens is 282 g/mol. The van der Waals surface area contributed by atoms with Gasteiger partial charge in [-0.2, -0.15) is 0 Å². The maximum absolute atomic E-state index is 12.4. The average molecular weight is 305 g/mol. The summed E-state index contributed by atoms with van der Waals surface area (Å²) in [6.07, 6.45) is 0.131. The molecule has 1 aromatic carbocycles. The van der Waals surface area contributed by atoms with Gasteiger partial charge in [-0.15, -0.1) is 0 Å². The van der Waals surface area contributed by atoms with E-state index in [-0.39, 0.29) is 11.9 Å². The van der Waals surface area contributed by atoms with Gasteiger partial charge in [0.1, 0.15) is 5.75 Å². The van der Waals surface area contributed by atoms with Gasteiger partial charge in [-0.05, 0) is 30.7 Å². The van der Waals surface area contributed by atoms with E-state index in [4.69, 9.17) is 4.74 Å². The number of methoxy groups -OCH3 is 1. The van der Waals surface area contributed by atoms with Crippen molar-refractivity contribution in [3.05, 3.63) is 24.3 Å². The van der Waals surface area contributed by atoms with E-state index in [0.29, 0.717) is 13.0 Å². The molecule has 0 radical (unpaired) electrons. The highest BCUT2D eigenvalue weighted by Gasteiger charge is 2.32. The van der Waals surface area contributed by atoms with Crippen molar-refractivity contribution >= 4 is 11.6 Å². The Morgan fingerprint density at radius 1 is 1.23 bits per heavy atom. The van der Waals surface area contributed by atoms with Gasteiger partial charge in [0.05, 0.1) is 19.3 Å². The Morgan fingerprint density at radius 3 is 2.45 bits per heavy atom. The number of β-amino-alcohol motifs (C(OH)–C–C–N with tert-alkyl or cyclic N) is 1. The molecule has 2 N–H and O–H groups in total. The highest BCUT2D eigenvalue weighted by Crippen LogP contribution is 2.21. The molecule has 0 aliphatic carbocycles. The summed E-state index contributed by atoms with van der Waals surface area (Å²) in [6.45, 7) is 3.61. The summed E-state index contributed by atoms with van der Waals surface area (Å²) in [4.78, 5) is 16.6. The summed E-state index contributed by atoms with van der Waals surface area (Å²) in [5, 5.41) is 12.6. The van der Waals surface area contributed by atoms with Crippen LogP contribution in [0.1, 0.15) is 6.42 Å². The summed E-state index contributed by atoms with van der Waals surface area (Å²) in [5.74, 6) is 0.967. The van der Waals surface area contributed by atoms with Crippen LogP contribution in [0.25, 0.3) is 0 Å². The molecule has 1 amide bonds. The Hall–Kier alpha value is -1.79. The van der Waals surface area contributed by atoms with Crippen molar-refractivity contribution < 1.29 is 14.6 Å². The summed E-state index contributed by atoms with van der Waals surface area (Å²) in [7, 11) is 1.66. The van der Waals surface area contributed by atoms with E-state index < -0.39 is 6.10 Å². The van der Waals surface area contributed by atoms with Crippen LogP contribution >= 0.6 is 0 Å². The highest BCUT2D eigenvalue weighted by atomic mass is 16.5. The maximum Gasteiger partial charge on any atom is 0.239 e. The second kappa shape index (κ2) is 6.54. The van der Waals surface area contributed by atoms with Crippen molar-refractivity contribution in [2.75, 3.05) is 44.7 Å². The molecule has 2 heterocycles. The van der Waals surface area contributed by atoms with Gasteiger partial charge in [-0.1, -0.05) is 0 Å². The zero-order valence-corrected chi connectivity index (χ0v) is 12.9. The highest BCUT2D eigenvalue weighted by molar-refractivity contribution is 5.82. The normalized spacial score (nSPS) is 25.4. The van der Waals surface area contributed by atoms with Crippen molar-refractivity contribution in [3.8, 4) is 5.75 Å². The van der Waals surface area contributed by atoms with Crippen LogP contribution < -0.4 is 15.0 Å². The number of nitrogens with one attached hydrogen (secondary N) is 1. The third-order valence-electron chi connectivity index (χ3n) is 4.43. The van der Waals surface area contributed by atoms with Gasteiger partial charge in [0, 0.05) is 38.4 Å². The van der Waals surface area contributed by atoms with Crippen molar-refractivity contribution in [1.82, 2.24) is 10.2 Å². The predicted molar refractivity (Wildman–Crippen MR) is 84.2 cm³/mol. The molecule has 120 valence electrons. The van der Waals surface area contributed by atoms with Crippen molar-refractivity contribution in [3.63, 3.8) is 0 Å². The number of anilines is 1. The number of aliphatic hydroxyl groups excluding tert-OH is 1. The lowest BCUT2D eigenvalue weighted by Gasteiger charge is -2.37. The van der Waals surface area contributed by atoms with Crippen LogP contribution in [0, 0.1) is 0 Å². The number of nitrogens with zero attached hydrogens (tertiary/aromatic N) is 2. The molecule has 3 rings (SSSR count). The zero-order chi connectivity index (χ0) is 15.5. The quantitative estimate of drug-likeness (QED) is 0.827. The van der Waals surface area contributed by atoms with Gasteiger partial charge >= 0.3 is 0 Å². The Kier molecular flexibility index (Phi) is 4.49. The molecule has 0 saturated carbocycles. The second-order valence-electron chi connectivity index (χ2n) is 5.86. The molecule has 0 bridgehead atoms. The number of piperazine rings is 1. The van der Waals surface area contributed by atoms with E-state index >= 15 is 0 Å². The lowest BCUT2D eigenvalue weighted by Crippen LogP contribution is -2.53. The van der Waals surface area contributed by atoms with Gasteiger partial charge in [0.15, 0.2) is 0 Å². The third-order valence-corrected chi connectivity index (χ3v) is 4.43. The van der Waals surface area contributed by atoms with Crippen molar-refractivity contribution in [2.45, 2.75) is 18.6 Å².